The molecule has 2 aliphatic heterocycles. The molecule has 3 heteroatoms. The Morgan fingerprint density at radius 1 is 1.35 bits per heavy atom. The maximum atomic E-state index is 3.75. The summed E-state index contributed by atoms with van der Waals surface area (Å²) in [4.78, 5) is 2.79. The fourth-order valence-electron chi connectivity index (χ4n) is 3.03. The summed E-state index contributed by atoms with van der Waals surface area (Å²) >= 11 is 2.14. The van der Waals surface area contributed by atoms with Crippen molar-refractivity contribution in [1.29, 1.82) is 0 Å². The van der Waals surface area contributed by atoms with Crippen LogP contribution in [0.2, 0.25) is 0 Å². The van der Waals surface area contributed by atoms with Crippen molar-refractivity contribution in [2.45, 2.75) is 51.6 Å². The molecular weight excluding hydrogens is 228 g/mol. The highest BCUT2D eigenvalue weighted by molar-refractivity contribution is 7.99. The molecule has 2 aliphatic rings. The van der Waals surface area contributed by atoms with Gasteiger partial charge in [0.25, 0.3) is 0 Å². The predicted octanol–water partition coefficient (Wildman–Crippen LogP) is 2.59. The maximum Gasteiger partial charge on any atom is 0.0220 e. The van der Waals surface area contributed by atoms with Crippen LogP contribution in [-0.4, -0.2) is 48.1 Å². The van der Waals surface area contributed by atoms with Crippen LogP contribution >= 0.6 is 11.8 Å². The van der Waals surface area contributed by atoms with Gasteiger partial charge < -0.3 is 5.32 Å². The van der Waals surface area contributed by atoms with Gasteiger partial charge >= 0.3 is 0 Å². The minimum Gasteiger partial charge on any atom is -0.312 e. The number of nitrogens with zero attached hydrogens (tertiary/aromatic N) is 1. The smallest absolute Gasteiger partial charge is 0.0220 e. The molecule has 0 spiro atoms. The molecule has 0 saturated carbocycles. The zero-order valence-corrected chi connectivity index (χ0v) is 12.3. The second-order valence-corrected chi connectivity index (χ2v) is 6.86. The quantitative estimate of drug-likeness (QED) is 0.835. The number of nitrogens with one attached hydrogen (secondary N) is 1. The normalized spacial score (nSPS) is 31.1. The van der Waals surface area contributed by atoms with Gasteiger partial charge in [0.1, 0.15) is 0 Å². The summed E-state index contributed by atoms with van der Waals surface area (Å²) in [5, 5.41) is 3.75. The minimum absolute atomic E-state index is 0.720. The first-order chi connectivity index (χ1) is 8.31. The molecule has 0 aromatic carbocycles. The third kappa shape index (κ3) is 3.87. The average Bonchev–Trinajstić information content (AvgIpc) is 2.64. The van der Waals surface area contributed by atoms with Gasteiger partial charge in [-0.25, -0.2) is 0 Å². The van der Waals surface area contributed by atoms with Crippen molar-refractivity contribution in [2.24, 2.45) is 5.92 Å². The maximum absolute atomic E-state index is 3.75. The zero-order chi connectivity index (χ0) is 12.1. The molecule has 0 amide bonds. The van der Waals surface area contributed by atoms with Crippen molar-refractivity contribution in [1.82, 2.24) is 10.2 Å². The minimum atomic E-state index is 0.720. The Morgan fingerprint density at radius 2 is 2.12 bits per heavy atom. The lowest BCUT2D eigenvalue weighted by atomic mass is 9.98. The van der Waals surface area contributed by atoms with E-state index in [9.17, 15) is 0 Å². The lowest BCUT2D eigenvalue weighted by Crippen LogP contribution is -2.46. The van der Waals surface area contributed by atoms with E-state index in [4.69, 9.17) is 0 Å². The molecule has 2 rings (SSSR count). The Labute approximate surface area is 111 Å². The van der Waals surface area contributed by atoms with Crippen molar-refractivity contribution in [3.8, 4) is 0 Å². The SMILES string of the molecule is CCC(C)C1CN(C2CCSCC2)CCCN1. The first-order valence-corrected chi connectivity index (χ1v) is 8.52. The molecule has 2 fully saturated rings. The number of rotatable bonds is 3. The van der Waals surface area contributed by atoms with E-state index in [1.54, 1.807) is 0 Å². The lowest BCUT2D eigenvalue weighted by molar-refractivity contribution is 0.168. The summed E-state index contributed by atoms with van der Waals surface area (Å²) in [5.74, 6) is 3.57. The third-order valence-corrected chi connectivity index (χ3v) is 5.55. The van der Waals surface area contributed by atoms with Crippen molar-refractivity contribution < 1.29 is 0 Å². The highest BCUT2D eigenvalue weighted by Gasteiger charge is 2.27. The highest BCUT2D eigenvalue weighted by atomic mass is 32.2. The molecule has 0 aromatic heterocycles. The van der Waals surface area contributed by atoms with Crippen molar-refractivity contribution in [2.75, 3.05) is 31.1 Å². The lowest BCUT2D eigenvalue weighted by Gasteiger charge is -2.36. The Hall–Kier alpha value is 0.270. The van der Waals surface area contributed by atoms with Gasteiger partial charge in [0.05, 0.1) is 0 Å². The molecule has 2 nitrogen and oxygen atoms in total. The van der Waals surface area contributed by atoms with E-state index in [0.717, 1.165) is 18.0 Å². The fourth-order valence-corrected chi connectivity index (χ4v) is 4.11. The van der Waals surface area contributed by atoms with Crippen LogP contribution in [0.15, 0.2) is 0 Å². The van der Waals surface area contributed by atoms with Crippen LogP contribution in [0.5, 0.6) is 0 Å². The Kier molecular flexibility index (Phi) is 5.64. The molecule has 2 unspecified atom stereocenters. The zero-order valence-electron chi connectivity index (χ0n) is 11.5. The molecule has 0 bridgehead atoms. The van der Waals surface area contributed by atoms with Gasteiger partial charge in [-0.1, -0.05) is 20.3 Å². The van der Waals surface area contributed by atoms with E-state index in [1.165, 1.54) is 56.8 Å². The molecule has 17 heavy (non-hydrogen) atoms. The summed E-state index contributed by atoms with van der Waals surface area (Å²) in [7, 11) is 0. The monoisotopic (exact) mass is 256 g/mol. The van der Waals surface area contributed by atoms with Crippen LogP contribution in [0.3, 0.4) is 0 Å². The van der Waals surface area contributed by atoms with Gasteiger partial charge in [-0.15, -0.1) is 0 Å². The second kappa shape index (κ2) is 7.01. The summed E-state index contributed by atoms with van der Waals surface area (Å²) < 4.78 is 0. The largest absolute Gasteiger partial charge is 0.312 e. The van der Waals surface area contributed by atoms with E-state index in [0.29, 0.717) is 0 Å². The first kappa shape index (κ1) is 13.7. The summed E-state index contributed by atoms with van der Waals surface area (Å²) in [5.41, 5.74) is 0. The second-order valence-electron chi connectivity index (χ2n) is 5.64. The van der Waals surface area contributed by atoms with E-state index in [2.05, 4.69) is 35.8 Å². The average molecular weight is 256 g/mol. The first-order valence-electron chi connectivity index (χ1n) is 7.36. The highest BCUT2D eigenvalue weighted by Crippen LogP contribution is 2.24. The number of thioether (sulfide) groups is 1. The molecule has 2 saturated heterocycles. The molecule has 0 aliphatic carbocycles. The van der Waals surface area contributed by atoms with Gasteiger partial charge in [0, 0.05) is 18.6 Å². The van der Waals surface area contributed by atoms with Gasteiger partial charge in [0.15, 0.2) is 0 Å². The molecule has 0 aromatic rings. The van der Waals surface area contributed by atoms with Gasteiger partial charge in [-0.05, 0) is 49.8 Å². The Morgan fingerprint density at radius 3 is 2.82 bits per heavy atom. The predicted molar refractivity (Wildman–Crippen MR) is 77.8 cm³/mol. The van der Waals surface area contributed by atoms with Gasteiger partial charge in [-0.2, -0.15) is 11.8 Å². The summed E-state index contributed by atoms with van der Waals surface area (Å²) in [6.45, 7) is 8.53. The fraction of sp³-hybridized carbons (Fsp3) is 1.00. The van der Waals surface area contributed by atoms with E-state index < -0.39 is 0 Å². The van der Waals surface area contributed by atoms with Crippen molar-refractivity contribution in [3.05, 3.63) is 0 Å². The number of hydrogen-bond donors (Lipinski definition) is 1. The molecular formula is C14H28N2S. The molecule has 2 atom stereocenters. The van der Waals surface area contributed by atoms with Crippen LogP contribution in [0.25, 0.3) is 0 Å². The van der Waals surface area contributed by atoms with Crippen LogP contribution in [-0.2, 0) is 0 Å². The molecule has 0 radical (unpaired) electrons. The molecule has 100 valence electrons. The third-order valence-electron chi connectivity index (χ3n) is 4.50. The Balaban J connectivity index is 1.91. The van der Waals surface area contributed by atoms with E-state index >= 15 is 0 Å². The van der Waals surface area contributed by atoms with E-state index in [-0.39, 0.29) is 0 Å². The van der Waals surface area contributed by atoms with Crippen molar-refractivity contribution in [3.63, 3.8) is 0 Å². The van der Waals surface area contributed by atoms with Crippen LogP contribution in [0, 0.1) is 5.92 Å². The van der Waals surface area contributed by atoms with E-state index in [1.807, 2.05) is 0 Å². The molecule has 1 N–H and O–H groups in total. The molecule has 2 heterocycles. The topological polar surface area (TPSA) is 15.3 Å². The summed E-state index contributed by atoms with van der Waals surface area (Å²) in [6, 6.07) is 1.60. The van der Waals surface area contributed by atoms with Crippen molar-refractivity contribution >= 4 is 11.8 Å². The Bertz CT molecular complexity index is 216. The van der Waals surface area contributed by atoms with Crippen LogP contribution in [0.4, 0.5) is 0 Å². The number of hydrogen-bond acceptors (Lipinski definition) is 3. The van der Waals surface area contributed by atoms with Gasteiger partial charge in [-0.3, -0.25) is 4.90 Å². The standard InChI is InChI=1S/C14H28N2S/c1-3-12(2)14-11-16(8-4-7-15-14)13-5-9-17-10-6-13/h12-15H,3-11H2,1-2H3. The van der Waals surface area contributed by atoms with Gasteiger partial charge in [0.2, 0.25) is 0 Å². The van der Waals surface area contributed by atoms with Crippen LogP contribution in [0.1, 0.15) is 39.5 Å². The van der Waals surface area contributed by atoms with Crippen LogP contribution < -0.4 is 5.32 Å². The summed E-state index contributed by atoms with van der Waals surface area (Å²) in [6.07, 6.45) is 5.46.